The van der Waals surface area contributed by atoms with E-state index in [1.165, 1.54) is 11.3 Å². The minimum atomic E-state index is -0.364. The maximum absolute atomic E-state index is 12.8. The quantitative estimate of drug-likeness (QED) is 0.428. The number of anilines is 3. The molecule has 0 saturated carbocycles. The molecule has 0 fully saturated rings. The zero-order valence-electron chi connectivity index (χ0n) is 14.2. The Labute approximate surface area is 173 Å². The predicted octanol–water partition coefficient (Wildman–Crippen LogP) is 4.97. The highest BCUT2D eigenvalue weighted by molar-refractivity contribution is 7.21. The number of hydrogen-bond acceptors (Lipinski definition) is 7. The van der Waals surface area contributed by atoms with Gasteiger partial charge in [0.05, 0.1) is 5.69 Å². The van der Waals surface area contributed by atoms with Gasteiger partial charge >= 0.3 is 0 Å². The number of nitrogens with zero attached hydrogens (tertiary/aromatic N) is 2. The molecule has 1 aromatic carbocycles. The van der Waals surface area contributed by atoms with Crippen LogP contribution >= 0.6 is 34.3 Å². The van der Waals surface area contributed by atoms with Gasteiger partial charge in [-0.25, -0.2) is 4.98 Å². The van der Waals surface area contributed by atoms with E-state index in [1.807, 2.05) is 17.5 Å². The Morgan fingerprint density at radius 1 is 1.21 bits per heavy atom. The fourth-order valence-electron chi connectivity index (χ4n) is 2.84. The molecule has 0 bridgehead atoms. The average Bonchev–Trinajstić information content (AvgIpc) is 3.31. The van der Waals surface area contributed by atoms with Crippen LogP contribution in [-0.2, 0) is 0 Å². The first kappa shape index (κ1) is 18.3. The van der Waals surface area contributed by atoms with E-state index in [4.69, 9.17) is 23.1 Å². The Kier molecular flexibility index (Phi) is 4.65. The zero-order valence-corrected chi connectivity index (χ0v) is 16.6. The topological polar surface area (TPSA) is 118 Å². The molecule has 9 heteroatoms. The number of benzene rings is 1. The second-order valence-electron chi connectivity index (χ2n) is 5.82. The normalized spacial score (nSPS) is 10.7. The fraction of sp³-hybridized carbons (Fsp3) is 0. The fourth-order valence-corrected chi connectivity index (χ4v) is 4.76. The molecular formula is C19H12ClN5OS2. The van der Waals surface area contributed by atoms with Crippen molar-refractivity contribution in [1.82, 2.24) is 4.98 Å². The number of nitrogen functional groups attached to an aromatic ring is 2. The smallest absolute Gasteiger partial charge is 0.267 e. The summed E-state index contributed by atoms with van der Waals surface area (Å²) in [6, 6.07) is 12.6. The largest absolute Gasteiger partial charge is 0.397 e. The number of thiophene rings is 2. The highest BCUT2D eigenvalue weighted by Crippen LogP contribution is 2.43. The van der Waals surface area contributed by atoms with Gasteiger partial charge < -0.3 is 16.8 Å². The molecule has 4 aromatic rings. The minimum absolute atomic E-state index is 0.115. The summed E-state index contributed by atoms with van der Waals surface area (Å²) in [4.78, 5) is 18.8. The van der Waals surface area contributed by atoms with E-state index in [0.29, 0.717) is 31.4 Å². The van der Waals surface area contributed by atoms with Gasteiger partial charge in [-0.2, -0.15) is 5.26 Å². The first-order valence-corrected chi connectivity index (χ1v) is 10.1. The predicted molar refractivity (Wildman–Crippen MR) is 116 cm³/mol. The molecule has 4 rings (SSSR count). The van der Waals surface area contributed by atoms with Gasteiger partial charge in [0.25, 0.3) is 5.91 Å². The molecule has 0 aliphatic rings. The van der Waals surface area contributed by atoms with E-state index in [-0.39, 0.29) is 23.0 Å². The Hall–Kier alpha value is -3.12. The van der Waals surface area contributed by atoms with Crippen LogP contribution in [0.4, 0.5) is 17.2 Å². The average molecular weight is 426 g/mol. The Morgan fingerprint density at radius 2 is 1.96 bits per heavy atom. The Balaban J connectivity index is 1.87. The molecule has 0 radical (unpaired) electrons. The van der Waals surface area contributed by atoms with Gasteiger partial charge in [0.15, 0.2) is 0 Å². The standard InChI is InChI=1S/C19H12ClN5OS2/c20-9-3-5-10(6-4-9)24-18(26)16-15(22)14-13(12-2-1-7-27-12)11(8-21)17(23)25-19(14)28-16/h1-7H,22H2,(H2,23,25)(H,24,26). The molecule has 0 saturated heterocycles. The number of hydrogen-bond donors (Lipinski definition) is 3. The van der Waals surface area contributed by atoms with Crippen LogP contribution in [0.1, 0.15) is 15.2 Å². The van der Waals surface area contributed by atoms with Gasteiger partial charge in [-0.15, -0.1) is 22.7 Å². The number of carbonyl (C=O) groups is 1. The second-order valence-corrected chi connectivity index (χ2v) is 8.21. The summed E-state index contributed by atoms with van der Waals surface area (Å²) in [5, 5.41) is 15.4. The molecule has 5 N–H and O–H groups in total. The summed E-state index contributed by atoms with van der Waals surface area (Å²) in [7, 11) is 0. The number of carbonyl (C=O) groups excluding carboxylic acids is 1. The highest BCUT2D eigenvalue weighted by atomic mass is 35.5. The van der Waals surface area contributed by atoms with Crippen molar-refractivity contribution in [3.8, 4) is 16.5 Å². The molecule has 0 aliphatic heterocycles. The summed E-state index contributed by atoms with van der Waals surface area (Å²) in [6.45, 7) is 0. The number of halogens is 1. The monoisotopic (exact) mass is 425 g/mol. The molecule has 3 heterocycles. The Morgan fingerprint density at radius 3 is 2.61 bits per heavy atom. The van der Waals surface area contributed by atoms with Crippen molar-refractivity contribution in [2.24, 2.45) is 0 Å². The first-order valence-electron chi connectivity index (χ1n) is 8.02. The second kappa shape index (κ2) is 7.13. The van der Waals surface area contributed by atoms with Crippen LogP contribution in [-0.4, -0.2) is 10.9 Å². The van der Waals surface area contributed by atoms with Crippen LogP contribution in [0.5, 0.6) is 0 Å². The van der Waals surface area contributed by atoms with E-state index < -0.39 is 0 Å². The lowest BCUT2D eigenvalue weighted by molar-refractivity contribution is 0.103. The van der Waals surface area contributed by atoms with E-state index in [0.717, 1.165) is 16.2 Å². The van der Waals surface area contributed by atoms with E-state index in [9.17, 15) is 10.1 Å². The third-order valence-corrected chi connectivity index (χ3v) is 6.33. The number of amides is 1. The van der Waals surface area contributed by atoms with Crippen molar-refractivity contribution in [2.75, 3.05) is 16.8 Å². The summed E-state index contributed by atoms with van der Waals surface area (Å²) >= 11 is 8.48. The van der Waals surface area contributed by atoms with Crippen molar-refractivity contribution < 1.29 is 4.79 Å². The Bertz CT molecular complexity index is 1240. The summed E-state index contributed by atoms with van der Waals surface area (Å²) < 4.78 is 0. The molecule has 28 heavy (non-hydrogen) atoms. The summed E-state index contributed by atoms with van der Waals surface area (Å²) in [5.74, 6) is -0.249. The van der Waals surface area contributed by atoms with Gasteiger partial charge in [0.2, 0.25) is 0 Å². The third-order valence-electron chi connectivity index (χ3n) is 4.09. The van der Waals surface area contributed by atoms with Crippen molar-refractivity contribution in [3.63, 3.8) is 0 Å². The van der Waals surface area contributed by atoms with Crippen LogP contribution in [0.2, 0.25) is 5.02 Å². The van der Waals surface area contributed by atoms with Crippen LogP contribution in [0.25, 0.3) is 20.7 Å². The van der Waals surface area contributed by atoms with Crippen molar-refractivity contribution in [1.29, 1.82) is 5.26 Å². The molecular weight excluding hydrogens is 414 g/mol. The SMILES string of the molecule is N#Cc1c(N)nc2sc(C(=O)Nc3ccc(Cl)cc3)c(N)c2c1-c1cccs1. The maximum atomic E-state index is 12.8. The number of nitrogens with one attached hydrogen (secondary N) is 1. The molecule has 138 valence electrons. The molecule has 6 nitrogen and oxygen atoms in total. The summed E-state index contributed by atoms with van der Waals surface area (Å²) in [5.41, 5.74) is 14.1. The molecule has 0 unspecified atom stereocenters. The number of fused-ring (bicyclic) bond motifs is 1. The lowest BCUT2D eigenvalue weighted by atomic mass is 10.0. The van der Waals surface area contributed by atoms with Gasteiger partial charge in [0, 0.05) is 26.5 Å². The van der Waals surface area contributed by atoms with Crippen molar-refractivity contribution in [3.05, 3.63) is 57.2 Å². The minimum Gasteiger partial charge on any atom is -0.397 e. The lowest BCUT2D eigenvalue weighted by Crippen LogP contribution is -2.11. The molecule has 0 aliphatic carbocycles. The van der Waals surface area contributed by atoms with Crippen molar-refractivity contribution in [2.45, 2.75) is 0 Å². The van der Waals surface area contributed by atoms with Crippen LogP contribution in [0, 0.1) is 11.3 Å². The van der Waals surface area contributed by atoms with Crippen LogP contribution < -0.4 is 16.8 Å². The van der Waals surface area contributed by atoms with Crippen LogP contribution in [0.15, 0.2) is 41.8 Å². The van der Waals surface area contributed by atoms with E-state index in [2.05, 4.69) is 16.4 Å². The molecule has 0 spiro atoms. The number of nitrogens with two attached hydrogens (primary N) is 2. The van der Waals surface area contributed by atoms with Gasteiger partial charge in [-0.3, -0.25) is 4.79 Å². The van der Waals surface area contributed by atoms with Gasteiger partial charge in [-0.05, 0) is 35.7 Å². The lowest BCUT2D eigenvalue weighted by Gasteiger charge is -2.07. The number of aromatic nitrogens is 1. The first-order chi connectivity index (χ1) is 13.5. The highest BCUT2D eigenvalue weighted by Gasteiger charge is 2.24. The van der Waals surface area contributed by atoms with Crippen LogP contribution in [0.3, 0.4) is 0 Å². The van der Waals surface area contributed by atoms with E-state index >= 15 is 0 Å². The summed E-state index contributed by atoms with van der Waals surface area (Å²) in [6.07, 6.45) is 0. The van der Waals surface area contributed by atoms with Gasteiger partial charge in [-0.1, -0.05) is 17.7 Å². The molecule has 1 amide bonds. The van der Waals surface area contributed by atoms with Crippen molar-refractivity contribution >= 4 is 67.6 Å². The van der Waals surface area contributed by atoms with E-state index in [1.54, 1.807) is 24.3 Å². The number of nitriles is 1. The maximum Gasteiger partial charge on any atom is 0.267 e. The zero-order chi connectivity index (χ0) is 19.8. The number of pyridine rings is 1. The molecule has 0 atom stereocenters. The third kappa shape index (κ3) is 3.05. The molecule has 3 aromatic heterocycles. The van der Waals surface area contributed by atoms with Gasteiger partial charge in [0.1, 0.15) is 27.2 Å². The number of rotatable bonds is 3.